The molecule has 1 atom stereocenters. The number of carbonyl (C=O) groups excluding carboxylic acids is 1. The van der Waals surface area contributed by atoms with E-state index in [-0.39, 0.29) is 5.56 Å². The maximum absolute atomic E-state index is 12.6. The van der Waals surface area contributed by atoms with E-state index < -0.39 is 11.9 Å². The first kappa shape index (κ1) is 13.8. The van der Waals surface area contributed by atoms with E-state index in [4.69, 9.17) is 5.73 Å². The van der Waals surface area contributed by atoms with Gasteiger partial charge in [-0.2, -0.15) is 5.10 Å². The number of nitrogens with zero attached hydrogens (tertiary/aromatic N) is 3. The van der Waals surface area contributed by atoms with Crippen molar-refractivity contribution in [1.29, 1.82) is 0 Å². The summed E-state index contributed by atoms with van der Waals surface area (Å²) < 4.78 is 3.10. The quantitative estimate of drug-likeness (QED) is 0.796. The largest absolute Gasteiger partial charge is 0.368 e. The van der Waals surface area contributed by atoms with Crippen molar-refractivity contribution in [3.05, 3.63) is 33.7 Å². The van der Waals surface area contributed by atoms with Crippen molar-refractivity contribution in [2.24, 2.45) is 5.73 Å². The molecule has 1 amide bonds. The van der Waals surface area contributed by atoms with Crippen LogP contribution in [0, 0.1) is 0 Å². The summed E-state index contributed by atoms with van der Waals surface area (Å²) in [4.78, 5) is 25.0. The van der Waals surface area contributed by atoms with Crippen LogP contribution in [0.5, 0.6) is 0 Å². The van der Waals surface area contributed by atoms with E-state index in [0.29, 0.717) is 5.52 Å². The maximum Gasteiger partial charge on any atom is 0.291 e. The molecule has 0 saturated heterocycles. The minimum absolute atomic E-state index is 0.287. The Labute approximate surface area is 124 Å². The van der Waals surface area contributed by atoms with Crippen LogP contribution in [0.1, 0.15) is 32.1 Å². The Morgan fingerprint density at radius 3 is 2.95 bits per heavy atom. The number of primary amides is 1. The number of hydrogen-bond donors (Lipinski definition) is 1. The second kappa shape index (κ2) is 5.00. The van der Waals surface area contributed by atoms with E-state index in [1.807, 2.05) is 21.9 Å². The molecule has 0 aromatic carbocycles. The molecular formula is C14H16N4O2S. The van der Waals surface area contributed by atoms with Gasteiger partial charge in [-0.15, -0.1) is 11.3 Å². The predicted octanol–water partition coefficient (Wildman–Crippen LogP) is 1.71. The molecule has 110 valence electrons. The summed E-state index contributed by atoms with van der Waals surface area (Å²) in [6, 6.07) is 3.06. The minimum atomic E-state index is -0.758. The second-order valence-electron chi connectivity index (χ2n) is 5.04. The van der Waals surface area contributed by atoms with Crippen LogP contribution in [0.15, 0.2) is 22.3 Å². The Hall–Kier alpha value is -2.15. The van der Waals surface area contributed by atoms with Crippen LogP contribution in [-0.4, -0.2) is 20.1 Å². The number of carbonyl (C=O) groups is 1. The lowest BCUT2D eigenvalue weighted by Crippen LogP contribution is -2.35. The standard InChI is InChI=1S/C14H16N4O2S/c1-3-4-11-16-18(8(2)12(15)19)13(20)10-7-9-5-6-21-14(9)17(10)11/h5-8H,3-4H2,1-2H3,(H2,15,19)/t8-/m1/s1. The second-order valence-corrected chi connectivity index (χ2v) is 5.93. The van der Waals surface area contributed by atoms with Crippen molar-refractivity contribution < 1.29 is 4.79 Å². The smallest absolute Gasteiger partial charge is 0.291 e. The molecule has 0 radical (unpaired) electrons. The summed E-state index contributed by atoms with van der Waals surface area (Å²) in [6.07, 6.45) is 1.63. The van der Waals surface area contributed by atoms with Crippen molar-refractivity contribution >= 4 is 33.0 Å². The van der Waals surface area contributed by atoms with Gasteiger partial charge in [0.1, 0.15) is 22.2 Å². The van der Waals surface area contributed by atoms with Gasteiger partial charge in [-0.25, -0.2) is 4.68 Å². The number of rotatable bonds is 4. The highest BCUT2D eigenvalue weighted by Crippen LogP contribution is 2.25. The van der Waals surface area contributed by atoms with Gasteiger partial charge in [0.2, 0.25) is 5.91 Å². The van der Waals surface area contributed by atoms with E-state index >= 15 is 0 Å². The Kier molecular flexibility index (Phi) is 3.29. The average Bonchev–Trinajstić information content (AvgIpc) is 3.01. The van der Waals surface area contributed by atoms with Gasteiger partial charge in [-0.3, -0.25) is 14.0 Å². The molecule has 7 heteroatoms. The number of fused-ring (bicyclic) bond motifs is 3. The highest BCUT2D eigenvalue weighted by Gasteiger charge is 2.20. The number of hydrogen-bond acceptors (Lipinski definition) is 4. The van der Waals surface area contributed by atoms with Gasteiger partial charge in [0.25, 0.3) is 5.56 Å². The lowest BCUT2D eigenvalue weighted by molar-refractivity contribution is -0.121. The highest BCUT2D eigenvalue weighted by molar-refractivity contribution is 7.16. The molecule has 0 unspecified atom stereocenters. The first-order valence-electron chi connectivity index (χ1n) is 6.84. The summed E-state index contributed by atoms with van der Waals surface area (Å²) >= 11 is 1.58. The SMILES string of the molecule is CCCc1nn([C@H](C)C(N)=O)c(=O)c2cc3ccsc3n12. The summed E-state index contributed by atoms with van der Waals surface area (Å²) in [6.45, 7) is 3.64. The molecule has 0 aliphatic rings. The number of amides is 1. The van der Waals surface area contributed by atoms with Gasteiger partial charge in [-0.1, -0.05) is 6.92 Å². The fourth-order valence-corrected chi connectivity index (χ4v) is 3.35. The van der Waals surface area contributed by atoms with E-state index in [1.54, 1.807) is 18.3 Å². The van der Waals surface area contributed by atoms with Gasteiger partial charge in [0, 0.05) is 11.8 Å². The fourth-order valence-electron chi connectivity index (χ4n) is 2.44. The Morgan fingerprint density at radius 1 is 1.52 bits per heavy atom. The van der Waals surface area contributed by atoms with Crippen LogP contribution in [-0.2, 0) is 11.2 Å². The number of nitrogens with two attached hydrogens (primary N) is 1. The van der Waals surface area contributed by atoms with Gasteiger partial charge in [-0.05, 0) is 30.9 Å². The van der Waals surface area contributed by atoms with E-state index in [9.17, 15) is 9.59 Å². The molecule has 0 fully saturated rings. The first-order valence-corrected chi connectivity index (χ1v) is 7.72. The predicted molar refractivity (Wildman–Crippen MR) is 82.7 cm³/mol. The van der Waals surface area contributed by atoms with Gasteiger partial charge in [0.05, 0.1) is 0 Å². The molecule has 6 nitrogen and oxygen atoms in total. The molecule has 3 rings (SSSR count). The molecule has 2 N–H and O–H groups in total. The summed E-state index contributed by atoms with van der Waals surface area (Å²) in [5, 5.41) is 7.39. The van der Waals surface area contributed by atoms with Crippen LogP contribution in [0.3, 0.4) is 0 Å². The van der Waals surface area contributed by atoms with Gasteiger partial charge >= 0.3 is 0 Å². The fraction of sp³-hybridized carbons (Fsp3) is 0.357. The lowest BCUT2D eigenvalue weighted by atomic mass is 10.3. The molecule has 0 aliphatic carbocycles. The minimum Gasteiger partial charge on any atom is -0.368 e. The molecule has 0 spiro atoms. The molecular weight excluding hydrogens is 288 g/mol. The van der Waals surface area contributed by atoms with Crippen molar-refractivity contribution in [2.75, 3.05) is 0 Å². The Morgan fingerprint density at radius 2 is 2.29 bits per heavy atom. The van der Waals surface area contributed by atoms with E-state index in [1.165, 1.54) is 4.68 Å². The third-order valence-electron chi connectivity index (χ3n) is 3.57. The lowest BCUT2D eigenvalue weighted by Gasteiger charge is -2.13. The molecule has 0 aliphatic heterocycles. The zero-order valence-electron chi connectivity index (χ0n) is 11.9. The van der Waals surface area contributed by atoms with Crippen LogP contribution in [0.2, 0.25) is 0 Å². The molecule has 0 saturated carbocycles. The third kappa shape index (κ3) is 2.04. The zero-order valence-corrected chi connectivity index (χ0v) is 12.7. The van der Waals surface area contributed by atoms with Crippen molar-refractivity contribution in [2.45, 2.75) is 32.7 Å². The number of aromatic nitrogens is 3. The number of thiophene rings is 1. The highest BCUT2D eigenvalue weighted by atomic mass is 32.1. The van der Waals surface area contributed by atoms with Crippen LogP contribution < -0.4 is 11.3 Å². The number of aryl methyl sites for hydroxylation is 1. The average molecular weight is 304 g/mol. The van der Waals surface area contributed by atoms with Crippen LogP contribution >= 0.6 is 11.3 Å². The molecule has 3 aromatic rings. The topological polar surface area (TPSA) is 82.4 Å². The zero-order chi connectivity index (χ0) is 15.1. The van der Waals surface area contributed by atoms with Gasteiger partial charge in [0.15, 0.2) is 0 Å². The molecule has 0 bridgehead atoms. The van der Waals surface area contributed by atoms with Gasteiger partial charge < -0.3 is 5.73 Å². The molecule has 3 heterocycles. The monoisotopic (exact) mass is 304 g/mol. The summed E-state index contributed by atoms with van der Waals surface area (Å²) in [5.74, 6) is 0.211. The van der Waals surface area contributed by atoms with Crippen molar-refractivity contribution in [3.8, 4) is 0 Å². The third-order valence-corrected chi connectivity index (χ3v) is 4.48. The first-order chi connectivity index (χ1) is 10.0. The molecule has 3 aromatic heterocycles. The van der Waals surface area contributed by atoms with Crippen LogP contribution in [0.25, 0.3) is 15.7 Å². The van der Waals surface area contributed by atoms with E-state index in [2.05, 4.69) is 12.0 Å². The Bertz CT molecular complexity index is 890. The van der Waals surface area contributed by atoms with Crippen LogP contribution in [0.4, 0.5) is 0 Å². The van der Waals surface area contributed by atoms with Crippen molar-refractivity contribution in [3.63, 3.8) is 0 Å². The van der Waals surface area contributed by atoms with E-state index in [0.717, 1.165) is 28.9 Å². The molecule has 21 heavy (non-hydrogen) atoms. The summed E-state index contributed by atoms with van der Waals surface area (Å²) in [7, 11) is 0. The normalized spacial score (nSPS) is 13.0. The van der Waals surface area contributed by atoms with Crippen molar-refractivity contribution in [1.82, 2.24) is 14.2 Å². The summed E-state index contributed by atoms with van der Waals surface area (Å²) in [5.41, 5.74) is 5.57. The maximum atomic E-state index is 12.6. The Balaban J connectivity index is 2.40.